The third-order valence-corrected chi connectivity index (χ3v) is 6.01. The van der Waals surface area contributed by atoms with Crippen LogP contribution in [0.1, 0.15) is 51.8 Å². The van der Waals surface area contributed by atoms with E-state index >= 15 is 0 Å². The Labute approximate surface area is 154 Å². The average Bonchev–Trinajstić information content (AvgIpc) is 3.04. The lowest BCUT2D eigenvalue weighted by molar-refractivity contribution is -0.385. The summed E-state index contributed by atoms with van der Waals surface area (Å²) in [5, 5.41) is 15.1. The molecule has 3 atom stereocenters. The number of rotatable bonds is 2. The molecule has 1 aliphatic heterocycles. The molecule has 2 aromatic carbocycles. The summed E-state index contributed by atoms with van der Waals surface area (Å²) < 4.78 is 0. The number of hydrogen-bond acceptors (Lipinski definition) is 3. The highest BCUT2D eigenvalue weighted by Gasteiger charge is 2.40. The Kier molecular flexibility index (Phi) is 3.87. The van der Waals surface area contributed by atoms with E-state index in [0.717, 1.165) is 17.7 Å². The molecule has 4 nitrogen and oxygen atoms in total. The fourth-order valence-electron chi connectivity index (χ4n) is 4.97. The predicted molar refractivity (Wildman–Crippen MR) is 105 cm³/mol. The van der Waals surface area contributed by atoms with Gasteiger partial charge in [-0.15, -0.1) is 0 Å². The summed E-state index contributed by atoms with van der Waals surface area (Å²) in [5.41, 5.74) is 8.24. The lowest BCUT2D eigenvalue weighted by Crippen LogP contribution is -2.30. The molecule has 0 bridgehead atoms. The van der Waals surface area contributed by atoms with Crippen molar-refractivity contribution in [1.29, 1.82) is 0 Å². The normalized spacial score (nSPS) is 23.3. The topological polar surface area (TPSA) is 55.2 Å². The van der Waals surface area contributed by atoms with Crippen LogP contribution in [0.15, 0.2) is 36.4 Å². The maximum Gasteiger partial charge on any atom is 0.274 e. The van der Waals surface area contributed by atoms with Crippen molar-refractivity contribution < 1.29 is 4.92 Å². The molecule has 1 heterocycles. The minimum Gasteiger partial charge on any atom is -0.377 e. The van der Waals surface area contributed by atoms with Gasteiger partial charge >= 0.3 is 0 Å². The molecule has 26 heavy (non-hydrogen) atoms. The molecule has 4 heteroatoms. The number of nitro benzene ring substituents is 1. The van der Waals surface area contributed by atoms with Gasteiger partial charge in [0.15, 0.2) is 0 Å². The number of nitrogens with one attached hydrogen (secondary N) is 1. The molecule has 0 saturated carbocycles. The molecular formula is C22H24N2O2. The molecule has 0 amide bonds. The van der Waals surface area contributed by atoms with Crippen LogP contribution < -0.4 is 5.32 Å². The lowest BCUT2D eigenvalue weighted by atomic mass is 9.74. The van der Waals surface area contributed by atoms with Crippen LogP contribution in [-0.2, 0) is 0 Å². The number of fused-ring (bicyclic) bond motifs is 3. The van der Waals surface area contributed by atoms with Gasteiger partial charge in [-0.2, -0.15) is 0 Å². The van der Waals surface area contributed by atoms with Gasteiger partial charge in [-0.1, -0.05) is 29.8 Å². The quantitative estimate of drug-likeness (QED) is 0.433. The van der Waals surface area contributed by atoms with E-state index in [9.17, 15) is 10.1 Å². The van der Waals surface area contributed by atoms with E-state index in [0.29, 0.717) is 11.8 Å². The van der Waals surface area contributed by atoms with Crippen molar-refractivity contribution in [1.82, 2.24) is 0 Å². The van der Waals surface area contributed by atoms with Crippen molar-refractivity contribution in [2.24, 2.45) is 5.92 Å². The molecule has 134 valence electrons. The largest absolute Gasteiger partial charge is 0.377 e. The van der Waals surface area contributed by atoms with Crippen LogP contribution in [0.4, 0.5) is 11.4 Å². The number of anilines is 1. The van der Waals surface area contributed by atoms with E-state index in [4.69, 9.17) is 0 Å². The number of nitrogens with zero attached hydrogens (tertiary/aromatic N) is 1. The van der Waals surface area contributed by atoms with Crippen LogP contribution in [0.5, 0.6) is 0 Å². The van der Waals surface area contributed by atoms with E-state index in [1.54, 1.807) is 6.07 Å². The summed E-state index contributed by atoms with van der Waals surface area (Å²) in [6.07, 6.45) is 5.57. The van der Waals surface area contributed by atoms with Crippen molar-refractivity contribution in [3.8, 4) is 0 Å². The number of benzene rings is 2. The fourth-order valence-corrected chi connectivity index (χ4v) is 4.97. The van der Waals surface area contributed by atoms with E-state index in [1.807, 2.05) is 13.0 Å². The van der Waals surface area contributed by atoms with Crippen molar-refractivity contribution in [2.75, 3.05) is 5.32 Å². The Morgan fingerprint density at radius 3 is 2.46 bits per heavy atom. The van der Waals surface area contributed by atoms with Gasteiger partial charge in [0.05, 0.1) is 16.5 Å². The van der Waals surface area contributed by atoms with Gasteiger partial charge in [0, 0.05) is 17.7 Å². The van der Waals surface area contributed by atoms with Crippen molar-refractivity contribution in [3.63, 3.8) is 0 Å². The number of nitro groups is 1. The van der Waals surface area contributed by atoms with E-state index in [1.165, 1.54) is 27.8 Å². The van der Waals surface area contributed by atoms with Crippen molar-refractivity contribution in [3.05, 3.63) is 79.9 Å². The van der Waals surface area contributed by atoms with Crippen molar-refractivity contribution in [2.45, 2.75) is 46.1 Å². The SMILES string of the molecule is Cc1cc(C)c(C2Nc3c(ccc([N+](=O)[O-])c3C)C3C=CCC32)c(C)c1. The van der Waals surface area contributed by atoms with E-state index in [2.05, 4.69) is 50.4 Å². The zero-order valence-corrected chi connectivity index (χ0v) is 15.7. The number of hydrogen-bond donors (Lipinski definition) is 1. The Balaban J connectivity index is 1.89. The Hall–Kier alpha value is -2.62. The average molecular weight is 348 g/mol. The molecule has 1 aliphatic carbocycles. The standard InChI is InChI=1S/C22H24N2O2/c1-12-10-13(2)20(14(3)11-12)22-17-7-5-6-16(17)18-8-9-19(24(25)26)15(4)21(18)23-22/h5-6,8-11,16-17,22-23H,7H2,1-4H3. The van der Waals surface area contributed by atoms with Gasteiger partial charge in [0.1, 0.15) is 0 Å². The molecule has 0 saturated heterocycles. The molecule has 4 rings (SSSR count). The van der Waals surface area contributed by atoms with Crippen LogP contribution in [0.3, 0.4) is 0 Å². The van der Waals surface area contributed by atoms with Crippen LogP contribution in [0, 0.1) is 43.7 Å². The highest BCUT2D eigenvalue weighted by Crippen LogP contribution is 2.52. The van der Waals surface area contributed by atoms with Crippen LogP contribution in [0.25, 0.3) is 0 Å². The number of allylic oxidation sites excluding steroid dienone is 2. The van der Waals surface area contributed by atoms with Gasteiger partial charge < -0.3 is 5.32 Å². The Morgan fingerprint density at radius 1 is 1.12 bits per heavy atom. The first-order valence-electron chi connectivity index (χ1n) is 9.17. The highest BCUT2D eigenvalue weighted by molar-refractivity contribution is 5.69. The summed E-state index contributed by atoms with van der Waals surface area (Å²) in [5.74, 6) is 0.763. The molecule has 0 aromatic heterocycles. The maximum atomic E-state index is 11.4. The summed E-state index contributed by atoms with van der Waals surface area (Å²) in [6.45, 7) is 8.32. The van der Waals surface area contributed by atoms with Crippen LogP contribution in [-0.4, -0.2) is 4.92 Å². The Morgan fingerprint density at radius 2 is 1.81 bits per heavy atom. The van der Waals surface area contributed by atoms with Crippen LogP contribution in [0.2, 0.25) is 0 Å². The first kappa shape index (κ1) is 16.8. The molecule has 0 fully saturated rings. The van der Waals surface area contributed by atoms with Gasteiger partial charge in [-0.25, -0.2) is 0 Å². The minimum absolute atomic E-state index is 0.170. The summed E-state index contributed by atoms with van der Waals surface area (Å²) in [6, 6.07) is 8.23. The molecule has 2 aromatic rings. The van der Waals surface area contributed by atoms with Gasteiger partial charge in [0.2, 0.25) is 0 Å². The number of aryl methyl sites for hydroxylation is 3. The first-order valence-corrected chi connectivity index (χ1v) is 9.17. The second kappa shape index (κ2) is 5.97. The predicted octanol–water partition coefficient (Wildman–Crippen LogP) is 5.65. The summed E-state index contributed by atoms with van der Waals surface area (Å²) in [7, 11) is 0. The van der Waals surface area contributed by atoms with Gasteiger partial charge in [-0.3, -0.25) is 10.1 Å². The Bertz CT molecular complexity index is 922. The third kappa shape index (κ3) is 2.44. The zero-order chi connectivity index (χ0) is 18.6. The summed E-state index contributed by atoms with van der Waals surface area (Å²) >= 11 is 0. The second-order valence-corrected chi connectivity index (χ2v) is 7.72. The zero-order valence-electron chi connectivity index (χ0n) is 15.7. The van der Waals surface area contributed by atoms with E-state index in [-0.39, 0.29) is 16.7 Å². The maximum absolute atomic E-state index is 11.4. The first-order chi connectivity index (χ1) is 12.4. The minimum atomic E-state index is -0.286. The molecule has 3 unspecified atom stereocenters. The molecule has 2 aliphatic rings. The van der Waals surface area contributed by atoms with Crippen molar-refractivity contribution >= 4 is 11.4 Å². The highest BCUT2D eigenvalue weighted by atomic mass is 16.6. The third-order valence-electron chi connectivity index (χ3n) is 6.01. The monoisotopic (exact) mass is 348 g/mol. The van der Waals surface area contributed by atoms with Crippen LogP contribution >= 0.6 is 0 Å². The van der Waals surface area contributed by atoms with Gasteiger partial charge in [-0.05, 0) is 68.4 Å². The summed E-state index contributed by atoms with van der Waals surface area (Å²) in [4.78, 5) is 11.1. The molecule has 0 spiro atoms. The smallest absolute Gasteiger partial charge is 0.274 e. The molecule has 0 radical (unpaired) electrons. The lowest BCUT2D eigenvalue weighted by Gasteiger charge is -2.39. The van der Waals surface area contributed by atoms with Gasteiger partial charge in [0.25, 0.3) is 5.69 Å². The van der Waals surface area contributed by atoms with E-state index < -0.39 is 0 Å². The molecular weight excluding hydrogens is 324 g/mol. The second-order valence-electron chi connectivity index (χ2n) is 7.72. The fraction of sp³-hybridized carbons (Fsp3) is 0.364. The molecule has 1 N–H and O–H groups in total.